The molecule has 1 amide bonds. The summed E-state index contributed by atoms with van der Waals surface area (Å²) in [5.74, 6) is 1.16. The van der Waals surface area contributed by atoms with Crippen molar-refractivity contribution in [2.45, 2.75) is 19.8 Å². The lowest BCUT2D eigenvalue weighted by atomic mass is 9.99. The number of hydrogen-bond donors (Lipinski definition) is 1. The Morgan fingerprint density at radius 3 is 2.48 bits per heavy atom. The molecule has 1 aliphatic rings. The molecule has 5 rings (SSSR count). The molecule has 7 heteroatoms. The maximum atomic E-state index is 12.6. The molecule has 0 atom stereocenters. The second-order valence-electron chi connectivity index (χ2n) is 8.45. The summed E-state index contributed by atoms with van der Waals surface area (Å²) in [6.45, 7) is 4.32. The van der Waals surface area contributed by atoms with Gasteiger partial charge in [-0.15, -0.1) is 10.2 Å². The molecule has 1 fully saturated rings. The third kappa shape index (κ3) is 4.48. The third-order valence-corrected chi connectivity index (χ3v) is 6.06. The lowest BCUT2D eigenvalue weighted by Gasteiger charge is -2.30. The predicted octanol–water partition coefficient (Wildman–Crippen LogP) is 4.74. The molecule has 1 N–H and O–H groups in total. The zero-order chi connectivity index (χ0) is 22.8. The van der Waals surface area contributed by atoms with Crippen LogP contribution in [0.5, 0.6) is 0 Å². The van der Waals surface area contributed by atoms with Crippen molar-refractivity contribution in [1.82, 2.24) is 10.2 Å². The first-order valence-corrected chi connectivity index (χ1v) is 11.1. The zero-order valence-electron chi connectivity index (χ0n) is 18.3. The van der Waals surface area contributed by atoms with Crippen LogP contribution >= 0.6 is 0 Å². The largest absolute Gasteiger partial charge is 0.451 e. The van der Waals surface area contributed by atoms with Crippen molar-refractivity contribution in [3.05, 3.63) is 82.7 Å². The quantitative estimate of drug-likeness (QED) is 0.493. The van der Waals surface area contributed by atoms with Crippen LogP contribution in [-0.4, -0.2) is 29.2 Å². The Hall–Kier alpha value is -4.00. The van der Waals surface area contributed by atoms with Gasteiger partial charge in [-0.2, -0.15) is 0 Å². The Balaban J connectivity index is 1.28. The van der Waals surface area contributed by atoms with Crippen molar-refractivity contribution in [2.24, 2.45) is 5.92 Å². The molecule has 2 aromatic heterocycles. The van der Waals surface area contributed by atoms with Crippen LogP contribution in [0.1, 0.15) is 30.3 Å². The van der Waals surface area contributed by atoms with Crippen LogP contribution in [0.25, 0.3) is 22.2 Å². The van der Waals surface area contributed by atoms with E-state index in [4.69, 9.17) is 4.42 Å². The number of carbonyl (C=O) groups is 1. The van der Waals surface area contributed by atoms with Crippen LogP contribution < -0.4 is 15.6 Å². The average Bonchev–Trinajstić information content (AvgIpc) is 2.85. The minimum absolute atomic E-state index is 0.0312. The zero-order valence-corrected chi connectivity index (χ0v) is 18.3. The third-order valence-electron chi connectivity index (χ3n) is 6.06. The summed E-state index contributed by atoms with van der Waals surface area (Å²) in [5.41, 5.74) is 2.38. The van der Waals surface area contributed by atoms with E-state index >= 15 is 0 Å². The van der Waals surface area contributed by atoms with Crippen molar-refractivity contribution < 1.29 is 9.21 Å². The summed E-state index contributed by atoms with van der Waals surface area (Å²) in [4.78, 5) is 27.1. The second kappa shape index (κ2) is 8.86. The lowest BCUT2D eigenvalue weighted by molar-refractivity contribution is 0.0997. The molecule has 33 heavy (non-hydrogen) atoms. The smallest absolute Gasteiger partial charge is 0.291 e. The van der Waals surface area contributed by atoms with Crippen molar-refractivity contribution in [3.8, 4) is 11.3 Å². The number of hydrogen-bond acceptors (Lipinski definition) is 6. The molecule has 0 bridgehead atoms. The molecular formula is C26H24N4O3. The van der Waals surface area contributed by atoms with E-state index < -0.39 is 5.91 Å². The first-order chi connectivity index (χ1) is 16.1. The fourth-order valence-electron chi connectivity index (χ4n) is 4.02. The Kier molecular flexibility index (Phi) is 5.60. The van der Waals surface area contributed by atoms with Gasteiger partial charge in [0.05, 0.1) is 11.1 Å². The standard InChI is InChI=1S/C26H24N4O3/c1-17-12-14-30(15-13-17)25-11-10-21(28-29-25)18-6-8-19(9-7-18)27-26(32)24-16-22(31)20-4-2-3-5-23(20)33-24/h2-11,16-17H,12-15H2,1H3,(H,27,32). The highest BCUT2D eigenvalue weighted by Gasteiger charge is 2.17. The predicted molar refractivity (Wildman–Crippen MR) is 129 cm³/mol. The SMILES string of the molecule is CC1CCN(c2ccc(-c3ccc(NC(=O)c4cc(=O)c5ccccc5o4)cc3)nn2)CC1. The topological polar surface area (TPSA) is 88.3 Å². The van der Waals surface area contributed by atoms with Crippen LogP contribution in [0.3, 0.4) is 0 Å². The van der Waals surface area contributed by atoms with Crippen molar-refractivity contribution in [2.75, 3.05) is 23.3 Å². The van der Waals surface area contributed by atoms with Gasteiger partial charge in [0.1, 0.15) is 5.58 Å². The molecule has 1 saturated heterocycles. The van der Waals surface area contributed by atoms with Crippen LogP contribution in [0, 0.1) is 5.92 Å². The minimum Gasteiger partial charge on any atom is -0.451 e. The molecule has 0 radical (unpaired) electrons. The van der Waals surface area contributed by atoms with Crippen molar-refractivity contribution >= 4 is 28.4 Å². The highest BCUT2D eigenvalue weighted by molar-refractivity contribution is 6.03. The number of benzene rings is 2. The van der Waals surface area contributed by atoms with E-state index in [2.05, 4.69) is 27.3 Å². The summed E-state index contributed by atoms with van der Waals surface area (Å²) in [5, 5.41) is 12.0. The van der Waals surface area contributed by atoms with E-state index in [1.165, 1.54) is 18.9 Å². The molecule has 7 nitrogen and oxygen atoms in total. The molecule has 0 unspecified atom stereocenters. The van der Waals surface area contributed by atoms with Gasteiger partial charge in [0.25, 0.3) is 5.91 Å². The number of nitrogens with zero attached hydrogens (tertiary/aromatic N) is 3. The van der Waals surface area contributed by atoms with Crippen LogP contribution in [0.4, 0.5) is 11.5 Å². The van der Waals surface area contributed by atoms with Gasteiger partial charge < -0.3 is 14.6 Å². The molecule has 0 aliphatic carbocycles. The molecular weight excluding hydrogens is 416 g/mol. The Morgan fingerprint density at radius 2 is 1.76 bits per heavy atom. The first kappa shape index (κ1) is 20.9. The second-order valence-corrected chi connectivity index (χ2v) is 8.45. The first-order valence-electron chi connectivity index (χ1n) is 11.1. The van der Waals surface area contributed by atoms with Gasteiger partial charge in [-0.05, 0) is 55.2 Å². The number of amides is 1. The summed E-state index contributed by atoms with van der Waals surface area (Å²) >= 11 is 0. The summed E-state index contributed by atoms with van der Waals surface area (Å²) in [6, 6.07) is 19.4. The summed E-state index contributed by atoms with van der Waals surface area (Å²) in [7, 11) is 0. The number of carbonyl (C=O) groups excluding carboxylic acids is 1. The Labute approximate surface area is 191 Å². The average molecular weight is 441 g/mol. The van der Waals surface area contributed by atoms with Gasteiger partial charge in [-0.1, -0.05) is 31.2 Å². The molecule has 3 heterocycles. The highest BCUT2D eigenvalue weighted by Crippen LogP contribution is 2.24. The molecule has 1 aliphatic heterocycles. The van der Waals surface area contributed by atoms with Gasteiger partial charge in [0.15, 0.2) is 17.0 Å². The van der Waals surface area contributed by atoms with Gasteiger partial charge in [-0.25, -0.2) is 0 Å². The number of fused-ring (bicyclic) bond motifs is 1. The van der Waals surface area contributed by atoms with Crippen molar-refractivity contribution in [1.29, 1.82) is 0 Å². The van der Waals surface area contributed by atoms with Gasteiger partial charge in [-0.3, -0.25) is 9.59 Å². The molecule has 0 spiro atoms. The molecule has 4 aromatic rings. The van der Waals surface area contributed by atoms with Crippen LogP contribution in [0.2, 0.25) is 0 Å². The van der Waals surface area contributed by atoms with E-state index in [0.29, 0.717) is 16.7 Å². The maximum Gasteiger partial charge on any atom is 0.291 e. The monoisotopic (exact) mass is 440 g/mol. The minimum atomic E-state index is -0.481. The Bertz CT molecular complexity index is 1340. The van der Waals surface area contributed by atoms with E-state index in [1.54, 1.807) is 36.4 Å². The fraction of sp³-hybridized carbons (Fsp3) is 0.231. The normalized spacial score (nSPS) is 14.4. The van der Waals surface area contributed by atoms with E-state index in [0.717, 1.165) is 36.1 Å². The number of piperidine rings is 1. The molecule has 166 valence electrons. The molecule has 0 saturated carbocycles. The van der Waals surface area contributed by atoms with Gasteiger partial charge >= 0.3 is 0 Å². The summed E-state index contributed by atoms with van der Waals surface area (Å²) in [6.07, 6.45) is 2.36. The number of aromatic nitrogens is 2. The Morgan fingerprint density at radius 1 is 1.00 bits per heavy atom. The lowest BCUT2D eigenvalue weighted by Crippen LogP contribution is -2.33. The van der Waals surface area contributed by atoms with Crippen LogP contribution in [0.15, 0.2) is 75.9 Å². The van der Waals surface area contributed by atoms with E-state index in [9.17, 15) is 9.59 Å². The van der Waals surface area contributed by atoms with Gasteiger partial charge in [0.2, 0.25) is 0 Å². The van der Waals surface area contributed by atoms with E-state index in [-0.39, 0.29) is 11.2 Å². The number of rotatable bonds is 4. The van der Waals surface area contributed by atoms with Crippen molar-refractivity contribution in [3.63, 3.8) is 0 Å². The number of anilines is 2. The van der Waals surface area contributed by atoms with Crippen LogP contribution in [-0.2, 0) is 0 Å². The molecule has 2 aromatic carbocycles. The number of nitrogens with one attached hydrogen (secondary N) is 1. The summed E-state index contributed by atoms with van der Waals surface area (Å²) < 4.78 is 5.60. The fourth-order valence-corrected chi connectivity index (χ4v) is 4.02. The maximum absolute atomic E-state index is 12.6. The number of para-hydroxylation sites is 1. The highest BCUT2D eigenvalue weighted by atomic mass is 16.3. The van der Waals surface area contributed by atoms with E-state index in [1.807, 2.05) is 24.3 Å². The van der Waals surface area contributed by atoms with Gasteiger partial charge in [0, 0.05) is 30.4 Å².